The normalized spacial score (nSPS) is 19.2. The summed E-state index contributed by atoms with van der Waals surface area (Å²) in [5.74, 6) is 1.72. The maximum absolute atomic E-state index is 11.1. The van der Waals surface area contributed by atoms with Crippen LogP contribution in [0.15, 0.2) is 67.0 Å². The molecule has 1 atom stereocenters. The fourth-order valence-electron chi connectivity index (χ4n) is 4.23. The number of hydrogen-bond donors (Lipinski definition) is 1. The second-order valence-corrected chi connectivity index (χ2v) is 9.07. The maximum Gasteiger partial charge on any atom is 0.119 e. The molecular formula is C27H35N3O3. The molecule has 1 aromatic heterocycles. The number of aliphatic hydroxyl groups is 1. The predicted molar refractivity (Wildman–Crippen MR) is 130 cm³/mol. The van der Waals surface area contributed by atoms with E-state index in [0.29, 0.717) is 19.6 Å². The summed E-state index contributed by atoms with van der Waals surface area (Å²) in [6, 6.07) is 18.3. The van der Waals surface area contributed by atoms with Crippen molar-refractivity contribution in [3.63, 3.8) is 0 Å². The van der Waals surface area contributed by atoms with Crippen LogP contribution in [0.1, 0.15) is 36.8 Å². The van der Waals surface area contributed by atoms with Crippen molar-refractivity contribution in [2.45, 2.75) is 51.3 Å². The largest absolute Gasteiger partial charge is 0.494 e. The zero-order chi connectivity index (χ0) is 22.9. The molecule has 1 saturated heterocycles. The lowest BCUT2D eigenvalue weighted by Crippen LogP contribution is -2.37. The van der Waals surface area contributed by atoms with E-state index in [1.807, 2.05) is 47.3 Å². The smallest absolute Gasteiger partial charge is 0.119 e. The first-order valence-electron chi connectivity index (χ1n) is 11.9. The summed E-state index contributed by atoms with van der Waals surface area (Å²) in [4.78, 5) is 2.42. The van der Waals surface area contributed by atoms with Gasteiger partial charge in [-0.15, -0.1) is 0 Å². The molecule has 0 radical (unpaired) electrons. The first-order valence-corrected chi connectivity index (χ1v) is 11.9. The van der Waals surface area contributed by atoms with E-state index in [1.165, 1.54) is 11.1 Å². The number of rotatable bonds is 10. The van der Waals surface area contributed by atoms with E-state index in [2.05, 4.69) is 35.1 Å². The Balaban J connectivity index is 1.23. The Kier molecular flexibility index (Phi) is 8.02. The van der Waals surface area contributed by atoms with Crippen molar-refractivity contribution in [3.05, 3.63) is 78.1 Å². The van der Waals surface area contributed by atoms with Crippen LogP contribution >= 0.6 is 0 Å². The van der Waals surface area contributed by atoms with Crippen molar-refractivity contribution >= 4 is 0 Å². The number of aromatic nitrogens is 2. The van der Waals surface area contributed by atoms with Crippen LogP contribution in [-0.2, 0) is 13.1 Å². The quantitative estimate of drug-likeness (QED) is 0.463. The van der Waals surface area contributed by atoms with Crippen molar-refractivity contribution in [1.82, 2.24) is 14.7 Å². The van der Waals surface area contributed by atoms with Gasteiger partial charge in [0.05, 0.1) is 12.2 Å². The first kappa shape index (κ1) is 23.3. The van der Waals surface area contributed by atoms with Gasteiger partial charge in [-0.05, 0) is 68.6 Å². The zero-order valence-electron chi connectivity index (χ0n) is 19.5. The summed E-state index contributed by atoms with van der Waals surface area (Å²) in [5, 5.41) is 15.3. The highest BCUT2D eigenvalue weighted by Gasteiger charge is 2.31. The molecule has 0 bridgehead atoms. The van der Waals surface area contributed by atoms with E-state index in [0.717, 1.165) is 56.9 Å². The van der Waals surface area contributed by atoms with Crippen LogP contribution in [0.2, 0.25) is 0 Å². The Bertz CT molecular complexity index is 975. The Morgan fingerprint density at radius 2 is 1.88 bits per heavy atom. The number of benzene rings is 2. The summed E-state index contributed by atoms with van der Waals surface area (Å²) in [6.45, 7) is 6.61. The molecule has 6 heteroatoms. The van der Waals surface area contributed by atoms with E-state index in [9.17, 15) is 5.11 Å². The molecule has 1 aliphatic rings. The Morgan fingerprint density at radius 1 is 1.00 bits per heavy atom. The second kappa shape index (κ2) is 11.3. The second-order valence-electron chi connectivity index (χ2n) is 9.07. The van der Waals surface area contributed by atoms with Crippen LogP contribution < -0.4 is 9.47 Å². The minimum atomic E-state index is -0.779. The van der Waals surface area contributed by atoms with Gasteiger partial charge in [-0.1, -0.05) is 29.8 Å². The Morgan fingerprint density at radius 3 is 2.70 bits per heavy atom. The summed E-state index contributed by atoms with van der Waals surface area (Å²) < 4.78 is 13.8. The lowest BCUT2D eigenvalue weighted by Gasteiger charge is -2.27. The van der Waals surface area contributed by atoms with Gasteiger partial charge in [0.2, 0.25) is 0 Å². The summed E-state index contributed by atoms with van der Waals surface area (Å²) >= 11 is 0. The van der Waals surface area contributed by atoms with Crippen LogP contribution in [0.25, 0.3) is 0 Å². The van der Waals surface area contributed by atoms with Gasteiger partial charge in [0.25, 0.3) is 0 Å². The number of hydrogen-bond acceptors (Lipinski definition) is 5. The van der Waals surface area contributed by atoms with E-state index in [-0.39, 0.29) is 0 Å². The highest BCUT2D eigenvalue weighted by Crippen LogP contribution is 2.25. The number of likely N-dealkylation sites (tertiary alicyclic amines) is 1. The third-order valence-electron chi connectivity index (χ3n) is 6.20. The third kappa shape index (κ3) is 7.34. The molecule has 0 amide bonds. The van der Waals surface area contributed by atoms with Crippen molar-refractivity contribution in [3.8, 4) is 11.5 Å². The van der Waals surface area contributed by atoms with Crippen molar-refractivity contribution in [2.24, 2.45) is 0 Å². The molecule has 6 nitrogen and oxygen atoms in total. The topological polar surface area (TPSA) is 59.8 Å². The van der Waals surface area contributed by atoms with Gasteiger partial charge in [-0.2, -0.15) is 5.10 Å². The van der Waals surface area contributed by atoms with E-state index in [4.69, 9.17) is 9.47 Å². The van der Waals surface area contributed by atoms with Gasteiger partial charge in [0, 0.05) is 38.4 Å². The molecule has 2 aromatic carbocycles. The average molecular weight is 450 g/mol. The van der Waals surface area contributed by atoms with Gasteiger partial charge in [0.1, 0.15) is 18.1 Å². The summed E-state index contributed by atoms with van der Waals surface area (Å²) in [7, 11) is 0. The monoisotopic (exact) mass is 449 g/mol. The first-order chi connectivity index (χ1) is 16.1. The number of nitrogens with zero attached hydrogens (tertiary/aromatic N) is 3. The van der Waals surface area contributed by atoms with Gasteiger partial charge in [0.15, 0.2) is 0 Å². The molecule has 3 aromatic rings. The number of ether oxygens (including phenoxy) is 2. The average Bonchev–Trinajstić information content (AvgIpc) is 3.27. The van der Waals surface area contributed by atoms with Crippen LogP contribution in [-0.4, -0.2) is 51.7 Å². The zero-order valence-corrected chi connectivity index (χ0v) is 19.5. The van der Waals surface area contributed by atoms with E-state index >= 15 is 0 Å². The fourth-order valence-corrected chi connectivity index (χ4v) is 4.23. The molecular weight excluding hydrogens is 414 g/mol. The third-order valence-corrected chi connectivity index (χ3v) is 6.20. The van der Waals surface area contributed by atoms with Crippen LogP contribution in [0.4, 0.5) is 0 Å². The van der Waals surface area contributed by atoms with Gasteiger partial charge in [-0.3, -0.25) is 9.58 Å². The highest BCUT2D eigenvalue weighted by molar-refractivity contribution is 5.28. The molecule has 1 aliphatic heterocycles. The summed E-state index contributed by atoms with van der Waals surface area (Å²) in [5.41, 5.74) is 1.66. The number of aryl methyl sites for hydroxylation is 2. The molecule has 4 rings (SSSR count). The molecule has 176 valence electrons. The Hall–Kier alpha value is -2.83. The van der Waals surface area contributed by atoms with Gasteiger partial charge < -0.3 is 14.6 Å². The predicted octanol–water partition coefficient (Wildman–Crippen LogP) is 4.46. The Labute approximate surface area is 196 Å². The molecule has 1 unspecified atom stereocenters. The summed E-state index contributed by atoms with van der Waals surface area (Å²) in [6.07, 6.45) is 7.11. The molecule has 1 fully saturated rings. The molecule has 33 heavy (non-hydrogen) atoms. The van der Waals surface area contributed by atoms with Crippen molar-refractivity contribution in [2.75, 3.05) is 26.3 Å². The van der Waals surface area contributed by atoms with Crippen LogP contribution in [0.5, 0.6) is 11.5 Å². The minimum absolute atomic E-state index is 0.339. The van der Waals surface area contributed by atoms with Gasteiger partial charge in [-0.25, -0.2) is 0 Å². The van der Waals surface area contributed by atoms with E-state index < -0.39 is 5.60 Å². The molecule has 0 spiro atoms. The van der Waals surface area contributed by atoms with Crippen molar-refractivity contribution in [1.29, 1.82) is 0 Å². The highest BCUT2D eigenvalue weighted by atomic mass is 16.5. The lowest BCUT2D eigenvalue weighted by molar-refractivity contribution is -0.0168. The SMILES string of the molecule is Cc1ccc(OCC2(O)CCCN(Cc3cccc(OCCCn4cccn4)c3)CC2)cc1. The maximum atomic E-state index is 11.1. The van der Waals surface area contributed by atoms with Crippen LogP contribution in [0, 0.1) is 6.92 Å². The molecule has 1 N–H and O–H groups in total. The van der Waals surface area contributed by atoms with Gasteiger partial charge >= 0.3 is 0 Å². The lowest BCUT2D eigenvalue weighted by atomic mass is 9.96. The van der Waals surface area contributed by atoms with Crippen molar-refractivity contribution < 1.29 is 14.6 Å². The molecule has 0 aliphatic carbocycles. The minimum Gasteiger partial charge on any atom is -0.494 e. The molecule has 2 heterocycles. The van der Waals surface area contributed by atoms with E-state index in [1.54, 1.807) is 6.20 Å². The standard InChI is InChI=1S/C27H35N3O3/c1-23-8-10-25(11-9-23)33-22-27(31)12-3-15-29(18-13-27)21-24-6-2-7-26(20-24)32-19-5-17-30-16-4-14-28-30/h2,4,6-11,14,16,20,31H,3,5,12-13,15,17-19,21-22H2,1H3. The molecule has 0 saturated carbocycles. The fraction of sp³-hybridized carbons (Fsp3) is 0.444. The van der Waals surface area contributed by atoms with Crippen LogP contribution in [0.3, 0.4) is 0 Å².